The van der Waals surface area contributed by atoms with Crippen molar-refractivity contribution in [3.63, 3.8) is 0 Å². The van der Waals surface area contributed by atoms with Gasteiger partial charge in [0.2, 0.25) is 5.91 Å². The first-order valence-corrected chi connectivity index (χ1v) is 18.9. The van der Waals surface area contributed by atoms with Crippen LogP contribution in [0.1, 0.15) is 95.0 Å². The van der Waals surface area contributed by atoms with E-state index in [1.807, 2.05) is 56.3 Å². The maximum absolute atomic E-state index is 12.5. The number of esters is 2. The Balaban J connectivity index is 0.000000440. The standard InChI is InChI=1S/C27H37N3O5.C16H22O5/c1-7-34-25(32)27(4,5)35-23-15-13-21(14-16-23)9-8-10-24(31)29-30(26(33)28-6)18-22-12-11-19(2)20(3)17-22;1-4-20-15(19)16(2,3)21-13-10-8-12(9-11-13)6-5-7-14(17)18/h11-17H,7-10,18H2,1-6H3,(H,28,33)(H,29,31);8-11H,4-7H2,1-3H3,(H,17,18). The van der Waals surface area contributed by atoms with Crippen LogP contribution in [0.2, 0.25) is 0 Å². The molecule has 3 aromatic carbocycles. The summed E-state index contributed by atoms with van der Waals surface area (Å²) in [5.74, 6) is -0.694. The summed E-state index contributed by atoms with van der Waals surface area (Å²) in [4.78, 5) is 59.0. The third-order valence-electron chi connectivity index (χ3n) is 8.48. The molecule has 0 radical (unpaired) electrons. The number of hydrogen-bond acceptors (Lipinski definition) is 9. The van der Waals surface area contributed by atoms with E-state index >= 15 is 0 Å². The zero-order valence-corrected chi connectivity index (χ0v) is 34.3. The number of carboxylic acids is 1. The molecule has 3 aromatic rings. The van der Waals surface area contributed by atoms with Gasteiger partial charge in [-0.3, -0.25) is 15.0 Å². The van der Waals surface area contributed by atoms with Crippen LogP contribution in [0, 0.1) is 13.8 Å². The van der Waals surface area contributed by atoms with Crippen molar-refractivity contribution in [2.75, 3.05) is 20.3 Å². The van der Waals surface area contributed by atoms with E-state index in [0.717, 1.165) is 22.3 Å². The van der Waals surface area contributed by atoms with E-state index in [9.17, 15) is 24.0 Å². The number of hydrogen-bond donors (Lipinski definition) is 3. The molecule has 0 aliphatic rings. The molecule has 13 heteroatoms. The molecule has 3 amide bonds. The second kappa shape index (κ2) is 22.7. The number of carbonyl (C=O) groups excluding carboxylic acids is 4. The largest absolute Gasteiger partial charge is 0.481 e. The number of aliphatic carboxylic acids is 1. The Labute approximate surface area is 331 Å². The second-order valence-electron chi connectivity index (χ2n) is 14.1. The molecule has 0 heterocycles. The van der Waals surface area contributed by atoms with Crippen molar-refractivity contribution in [2.45, 2.75) is 112 Å². The van der Waals surface area contributed by atoms with Crippen LogP contribution in [0.4, 0.5) is 4.79 Å². The van der Waals surface area contributed by atoms with Crippen molar-refractivity contribution in [3.05, 3.63) is 94.5 Å². The Kier molecular flexibility index (Phi) is 18.9. The zero-order chi connectivity index (χ0) is 41.9. The van der Waals surface area contributed by atoms with E-state index in [2.05, 4.69) is 10.7 Å². The van der Waals surface area contributed by atoms with Gasteiger partial charge in [0.1, 0.15) is 11.5 Å². The molecule has 0 bridgehead atoms. The molecular formula is C43H59N3O10. The summed E-state index contributed by atoms with van der Waals surface area (Å²) in [6, 6.07) is 20.3. The molecule has 306 valence electrons. The first-order chi connectivity index (χ1) is 26.4. The van der Waals surface area contributed by atoms with Gasteiger partial charge in [-0.05, 0) is 133 Å². The van der Waals surface area contributed by atoms with Crippen LogP contribution < -0.4 is 20.2 Å². The van der Waals surface area contributed by atoms with Crippen molar-refractivity contribution < 1.29 is 48.0 Å². The Bertz CT molecular complexity index is 1740. The lowest BCUT2D eigenvalue weighted by molar-refractivity contribution is -0.159. The van der Waals surface area contributed by atoms with Crippen LogP contribution >= 0.6 is 0 Å². The van der Waals surface area contributed by atoms with Gasteiger partial charge in [-0.1, -0.05) is 42.5 Å². The number of amides is 3. The second-order valence-corrected chi connectivity index (χ2v) is 14.1. The molecular weight excluding hydrogens is 718 g/mol. The summed E-state index contributed by atoms with van der Waals surface area (Å²) >= 11 is 0. The fraction of sp³-hybridized carbons (Fsp3) is 0.465. The average molecular weight is 778 g/mol. The maximum Gasteiger partial charge on any atom is 0.349 e. The smallest absolute Gasteiger partial charge is 0.349 e. The predicted octanol–water partition coefficient (Wildman–Crippen LogP) is 7.03. The highest BCUT2D eigenvalue weighted by Crippen LogP contribution is 2.22. The van der Waals surface area contributed by atoms with Crippen LogP contribution in [0.3, 0.4) is 0 Å². The molecule has 0 aliphatic heterocycles. The molecule has 3 N–H and O–H groups in total. The van der Waals surface area contributed by atoms with Crippen molar-refractivity contribution in [1.82, 2.24) is 15.8 Å². The molecule has 0 unspecified atom stereocenters. The average Bonchev–Trinajstić information content (AvgIpc) is 3.14. The number of nitrogens with zero attached hydrogens (tertiary/aromatic N) is 1. The highest BCUT2D eigenvalue weighted by Gasteiger charge is 2.32. The molecule has 0 saturated carbocycles. The number of urea groups is 1. The van der Waals surface area contributed by atoms with Crippen LogP contribution in [0.15, 0.2) is 66.7 Å². The number of hydrazine groups is 1. The highest BCUT2D eigenvalue weighted by molar-refractivity contribution is 5.81. The Morgan fingerprint density at radius 2 is 1.11 bits per heavy atom. The molecule has 0 aliphatic carbocycles. The lowest BCUT2D eigenvalue weighted by Crippen LogP contribution is -2.49. The SMILES string of the molecule is CCOC(=O)C(C)(C)Oc1ccc(CCCC(=O)NN(Cc2ccc(C)c(C)c2)C(=O)NC)cc1.CCOC(=O)C(C)(C)Oc1ccc(CCCC(=O)O)cc1. The van der Waals surface area contributed by atoms with E-state index in [1.54, 1.807) is 65.8 Å². The maximum atomic E-state index is 12.5. The molecule has 3 rings (SSSR count). The Hall–Kier alpha value is -5.59. The van der Waals surface area contributed by atoms with Gasteiger partial charge in [0, 0.05) is 19.9 Å². The third-order valence-corrected chi connectivity index (χ3v) is 8.48. The summed E-state index contributed by atoms with van der Waals surface area (Å²) in [5.41, 5.74) is 5.91. The van der Waals surface area contributed by atoms with E-state index in [0.29, 0.717) is 50.4 Å². The van der Waals surface area contributed by atoms with Crippen LogP contribution in [0.5, 0.6) is 11.5 Å². The predicted molar refractivity (Wildman–Crippen MR) is 213 cm³/mol. The van der Waals surface area contributed by atoms with Crippen molar-refractivity contribution >= 4 is 29.8 Å². The van der Waals surface area contributed by atoms with Gasteiger partial charge in [0.25, 0.3) is 0 Å². The van der Waals surface area contributed by atoms with Crippen molar-refractivity contribution in [2.24, 2.45) is 0 Å². The minimum atomic E-state index is -1.08. The molecule has 0 aromatic heterocycles. The van der Waals surface area contributed by atoms with Gasteiger partial charge >= 0.3 is 23.9 Å². The lowest BCUT2D eigenvalue weighted by atomic mass is 10.1. The monoisotopic (exact) mass is 777 g/mol. The molecule has 0 spiro atoms. The number of ether oxygens (including phenoxy) is 4. The minimum absolute atomic E-state index is 0.161. The number of nitrogens with one attached hydrogen (secondary N) is 2. The van der Waals surface area contributed by atoms with Gasteiger partial charge in [-0.15, -0.1) is 0 Å². The van der Waals surface area contributed by atoms with E-state index in [4.69, 9.17) is 24.1 Å². The van der Waals surface area contributed by atoms with Gasteiger partial charge in [0.15, 0.2) is 11.2 Å². The summed E-state index contributed by atoms with van der Waals surface area (Å²) in [7, 11) is 1.53. The van der Waals surface area contributed by atoms with Crippen molar-refractivity contribution in [1.29, 1.82) is 0 Å². The third kappa shape index (κ3) is 16.4. The molecule has 0 fully saturated rings. The zero-order valence-electron chi connectivity index (χ0n) is 34.3. The van der Waals surface area contributed by atoms with Crippen LogP contribution in [-0.2, 0) is 48.0 Å². The lowest BCUT2D eigenvalue weighted by Gasteiger charge is -2.24. The first kappa shape index (κ1) is 46.6. The number of rotatable bonds is 18. The summed E-state index contributed by atoms with van der Waals surface area (Å²) in [6.45, 7) is 15.1. The molecule has 0 saturated heterocycles. The van der Waals surface area contributed by atoms with Gasteiger partial charge in [0.05, 0.1) is 19.8 Å². The molecule has 0 atom stereocenters. The van der Waals surface area contributed by atoms with Gasteiger partial charge in [-0.2, -0.15) is 0 Å². The Morgan fingerprint density at radius 3 is 1.52 bits per heavy atom. The topological polar surface area (TPSA) is 170 Å². The quantitative estimate of drug-likeness (QED) is 0.0900. The minimum Gasteiger partial charge on any atom is -0.481 e. The van der Waals surface area contributed by atoms with Crippen LogP contribution in [-0.4, -0.2) is 71.4 Å². The number of carboxylic acid groups (broad SMARTS) is 1. The molecule has 13 nitrogen and oxygen atoms in total. The molecule has 56 heavy (non-hydrogen) atoms. The van der Waals surface area contributed by atoms with Crippen LogP contribution in [0.25, 0.3) is 0 Å². The fourth-order valence-electron chi connectivity index (χ4n) is 5.22. The summed E-state index contributed by atoms with van der Waals surface area (Å²) in [5, 5.41) is 12.5. The number of carbonyl (C=O) groups is 5. The number of aryl methyl sites for hydroxylation is 4. The highest BCUT2D eigenvalue weighted by atomic mass is 16.6. The summed E-state index contributed by atoms with van der Waals surface area (Å²) < 4.78 is 21.4. The van der Waals surface area contributed by atoms with E-state index < -0.39 is 29.1 Å². The first-order valence-electron chi connectivity index (χ1n) is 18.9. The van der Waals surface area contributed by atoms with Gasteiger partial charge in [-0.25, -0.2) is 19.4 Å². The number of benzene rings is 3. The summed E-state index contributed by atoms with van der Waals surface area (Å²) in [6.07, 6.45) is 3.04. The fourth-order valence-corrected chi connectivity index (χ4v) is 5.22. The van der Waals surface area contributed by atoms with Gasteiger partial charge < -0.3 is 29.4 Å². The van der Waals surface area contributed by atoms with Crippen molar-refractivity contribution in [3.8, 4) is 11.5 Å². The van der Waals surface area contributed by atoms with E-state index in [-0.39, 0.29) is 31.3 Å². The normalized spacial score (nSPS) is 10.9. The van der Waals surface area contributed by atoms with E-state index in [1.165, 1.54) is 17.6 Å². The Morgan fingerprint density at radius 1 is 0.661 bits per heavy atom.